The average molecular weight is 400 g/mol. The number of carbonyl (C=O) groups is 2. The summed E-state index contributed by atoms with van der Waals surface area (Å²) in [6.07, 6.45) is -0.246. The summed E-state index contributed by atoms with van der Waals surface area (Å²) in [7, 11) is 1.25. The lowest BCUT2D eigenvalue weighted by atomic mass is 10.0. The molecule has 7 nitrogen and oxygen atoms in total. The third-order valence-electron chi connectivity index (χ3n) is 4.23. The zero-order valence-corrected chi connectivity index (χ0v) is 16.8. The van der Waals surface area contributed by atoms with Gasteiger partial charge in [-0.15, -0.1) is 11.3 Å². The van der Waals surface area contributed by atoms with Gasteiger partial charge in [-0.25, -0.2) is 9.78 Å². The van der Waals surface area contributed by atoms with Crippen LogP contribution in [-0.2, 0) is 16.0 Å². The molecule has 0 fully saturated rings. The molecule has 1 aromatic carbocycles. The fraction of sp³-hybridized carbons (Fsp3) is 0.300. The summed E-state index contributed by atoms with van der Waals surface area (Å²) in [6.45, 7) is 5.73. The van der Waals surface area contributed by atoms with E-state index in [1.807, 2.05) is 26.0 Å². The molecular formula is C20H20N2O5S. The second-order valence-corrected chi connectivity index (χ2v) is 7.61. The second-order valence-electron chi connectivity index (χ2n) is 6.61. The van der Waals surface area contributed by atoms with Gasteiger partial charge in [-0.05, 0) is 30.5 Å². The molecular weight excluding hydrogens is 380 g/mol. The molecule has 0 radical (unpaired) electrons. The molecule has 3 rings (SSSR count). The summed E-state index contributed by atoms with van der Waals surface area (Å²) < 4.78 is 10.2. The van der Waals surface area contributed by atoms with Crippen molar-refractivity contribution in [3.8, 4) is 5.75 Å². The van der Waals surface area contributed by atoms with Crippen molar-refractivity contribution in [2.75, 3.05) is 7.11 Å². The first-order valence-electron chi connectivity index (χ1n) is 8.71. The first-order chi connectivity index (χ1) is 13.3. The Morgan fingerprint density at radius 3 is 2.71 bits per heavy atom. The number of aryl methyl sites for hydroxylation is 1. The van der Waals surface area contributed by atoms with E-state index in [0.29, 0.717) is 22.3 Å². The lowest BCUT2D eigenvalue weighted by Crippen LogP contribution is -2.16. The predicted molar refractivity (Wildman–Crippen MR) is 106 cm³/mol. The summed E-state index contributed by atoms with van der Waals surface area (Å²) in [6, 6.07) is 7.26. The molecule has 3 aromatic rings. The number of aromatic amines is 1. The van der Waals surface area contributed by atoms with Crippen LogP contribution in [0, 0.1) is 6.92 Å². The molecule has 0 spiro atoms. The normalized spacial score (nSPS) is 11.0. The fourth-order valence-corrected chi connectivity index (χ4v) is 4.01. The molecule has 28 heavy (non-hydrogen) atoms. The van der Waals surface area contributed by atoms with Crippen molar-refractivity contribution in [1.82, 2.24) is 9.97 Å². The number of rotatable bonds is 5. The van der Waals surface area contributed by atoms with Crippen molar-refractivity contribution in [1.29, 1.82) is 0 Å². The summed E-state index contributed by atoms with van der Waals surface area (Å²) in [5.74, 6) is -0.0679. The van der Waals surface area contributed by atoms with Crippen LogP contribution < -0.4 is 10.3 Å². The Balaban J connectivity index is 1.97. The highest BCUT2D eigenvalue weighted by Gasteiger charge is 2.25. The van der Waals surface area contributed by atoms with Gasteiger partial charge in [0.05, 0.1) is 18.9 Å². The van der Waals surface area contributed by atoms with Crippen molar-refractivity contribution in [2.24, 2.45) is 0 Å². The number of methoxy groups -OCH3 is 1. The monoisotopic (exact) mass is 400 g/mol. The molecule has 0 saturated carbocycles. The Kier molecular flexibility index (Phi) is 5.60. The van der Waals surface area contributed by atoms with E-state index >= 15 is 0 Å². The number of esters is 2. The first-order valence-corrected chi connectivity index (χ1v) is 9.53. The smallest absolute Gasteiger partial charge is 0.348 e. The van der Waals surface area contributed by atoms with E-state index < -0.39 is 17.5 Å². The number of hydrogen-bond donors (Lipinski definition) is 1. The number of nitrogens with zero attached hydrogens (tertiary/aromatic N) is 1. The van der Waals surface area contributed by atoms with Gasteiger partial charge < -0.3 is 14.5 Å². The Hall–Kier alpha value is -3.00. The van der Waals surface area contributed by atoms with Crippen LogP contribution in [0.2, 0.25) is 0 Å². The van der Waals surface area contributed by atoms with E-state index in [9.17, 15) is 14.4 Å². The van der Waals surface area contributed by atoms with Crippen LogP contribution in [0.5, 0.6) is 5.75 Å². The number of aromatic nitrogens is 2. The predicted octanol–water partition coefficient (Wildman–Crippen LogP) is 3.35. The van der Waals surface area contributed by atoms with E-state index in [-0.39, 0.29) is 22.2 Å². The molecule has 2 heterocycles. The third-order valence-corrected chi connectivity index (χ3v) is 5.33. The lowest BCUT2D eigenvalue weighted by molar-refractivity contribution is -0.133. The van der Waals surface area contributed by atoms with Gasteiger partial charge in [0.25, 0.3) is 5.56 Å². The van der Waals surface area contributed by atoms with Crippen molar-refractivity contribution < 1.29 is 19.1 Å². The highest BCUT2D eigenvalue weighted by Crippen LogP contribution is 2.29. The minimum absolute atomic E-state index is 0.175. The maximum atomic E-state index is 12.5. The fourth-order valence-electron chi connectivity index (χ4n) is 2.85. The molecule has 146 valence electrons. The highest BCUT2D eigenvalue weighted by atomic mass is 32.1. The Morgan fingerprint density at radius 2 is 2.04 bits per heavy atom. The van der Waals surface area contributed by atoms with Gasteiger partial charge >= 0.3 is 11.9 Å². The van der Waals surface area contributed by atoms with Gasteiger partial charge in [-0.3, -0.25) is 9.59 Å². The van der Waals surface area contributed by atoms with E-state index in [1.54, 1.807) is 19.1 Å². The molecule has 0 saturated heterocycles. The quantitative estimate of drug-likeness (QED) is 0.521. The van der Waals surface area contributed by atoms with Crippen LogP contribution in [-0.4, -0.2) is 29.0 Å². The molecule has 0 amide bonds. The molecule has 0 aliphatic heterocycles. The van der Waals surface area contributed by atoms with Gasteiger partial charge in [-0.2, -0.15) is 0 Å². The van der Waals surface area contributed by atoms with Crippen LogP contribution >= 0.6 is 11.3 Å². The number of ether oxygens (including phenoxy) is 2. The minimum Gasteiger partial charge on any atom is -0.465 e. The van der Waals surface area contributed by atoms with Crippen LogP contribution in [0.15, 0.2) is 29.1 Å². The van der Waals surface area contributed by atoms with Crippen molar-refractivity contribution >= 4 is 33.5 Å². The van der Waals surface area contributed by atoms with Crippen molar-refractivity contribution in [3.05, 3.63) is 56.4 Å². The molecule has 8 heteroatoms. The maximum absolute atomic E-state index is 12.5. The number of benzene rings is 1. The molecule has 0 unspecified atom stereocenters. The number of nitrogens with one attached hydrogen (secondary N) is 1. The van der Waals surface area contributed by atoms with Crippen molar-refractivity contribution in [3.63, 3.8) is 0 Å². The third kappa shape index (κ3) is 3.96. The molecule has 1 N–H and O–H groups in total. The van der Waals surface area contributed by atoms with E-state index in [4.69, 9.17) is 9.47 Å². The molecule has 2 aromatic heterocycles. The molecule has 0 aliphatic rings. The van der Waals surface area contributed by atoms with E-state index in [1.165, 1.54) is 7.11 Å². The summed E-state index contributed by atoms with van der Waals surface area (Å²) in [4.78, 5) is 44.5. The topological polar surface area (TPSA) is 98.4 Å². The van der Waals surface area contributed by atoms with Gasteiger partial charge in [-0.1, -0.05) is 26.0 Å². The zero-order chi connectivity index (χ0) is 20.4. The van der Waals surface area contributed by atoms with Gasteiger partial charge in [0.15, 0.2) is 0 Å². The number of thiophene rings is 1. The summed E-state index contributed by atoms with van der Waals surface area (Å²) >= 11 is 1.03. The first kappa shape index (κ1) is 19.8. The Labute approximate surface area is 165 Å². The van der Waals surface area contributed by atoms with Gasteiger partial charge in [0.1, 0.15) is 21.3 Å². The van der Waals surface area contributed by atoms with E-state index in [2.05, 4.69) is 9.97 Å². The summed E-state index contributed by atoms with van der Waals surface area (Å²) in [5.41, 5.74) is 0.904. The van der Waals surface area contributed by atoms with Gasteiger partial charge in [0, 0.05) is 5.56 Å². The summed E-state index contributed by atoms with van der Waals surface area (Å²) in [5, 5.41) is 0.212. The van der Waals surface area contributed by atoms with Crippen LogP contribution in [0.3, 0.4) is 0 Å². The van der Waals surface area contributed by atoms with E-state index in [0.717, 1.165) is 16.9 Å². The molecule has 0 aliphatic carbocycles. The van der Waals surface area contributed by atoms with Crippen LogP contribution in [0.25, 0.3) is 10.2 Å². The average Bonchev–Trinajstić information content (AvgIpc) is 2.99. The highest BCUT2D eigenvalue weighted by molar-refractivity contribution is 7.20. The van der Waals surface area contributed by atoms with Gasteiger partial charge in [0.2, 0.25) is 0 Å². The molecule has 0 atom stereocenters. The maximum Gasteiger partial charge on any atom is 0.348 e. The van der Waals surface area contributed by atoms with Crippen LogP contribution in [0.4, 0.5) is 0 Å². The van der Waals surface area contributed by atoms with Crippen molar-refractivity contribution in [2.45, 2.75) is 33.1 Å². The Bertz CT molecular complexity index is 1110. The standard InChI is InChI=1S/C20H20N2O5S/c1-10(2)12-6-5-7-13(8-12)27-15(23)9-14-16-18(24)21-11(3)22-19(16)28-17(14)20(25)26-4/h5-8,10H,9H2,1-4H3,(H,21,22,24). The zero-order valence-electron chi connectivity index (χ0n) is 16.0. The number of hydrogen-bond acceptors (Lipinski definition) is 7. The number of carbonyl (C=O) groups excluding carboxylic acids is 2. The lowest BCUT2D eigenvalue weighted by Gasteiger charge is -2.09. The second kappa shape index (κ2) is 7.93. The Morgan fingerprint density at radius 1 is 1.29 bits per heavy atom. The minimum atomic E-state index is -0.621. The van der Waals surface area contributed by atoms with Crippen LogP contribution in [0.1, 0.15) is 46.4 Å². The largest absolute Gasteiger partial charge is 0.465 e. The number of fused-ring (bicyclic) bond motifs is 1. The SMILES string of the molecule is COC(=O)c1sc2nc(C)[nH]c(=O)c2c1CC(=O)Oc1cccc(C(C)C)c1. The number of H-pyrrole nitrogens is 1. The molecule has 0 bridgehead atoms.